The number of thiocarbonyl (C=S) groups is 1. The van der Waals surface area contributed by atoms with Crippen LogP contribution in [0.2, 0.25) is 0 Å². The van der Waals surface area contributed by atoms with E-state index in [4.69, 9.17) is 17.0 Å². The van der Waals surface area contributed by atoms with Crippen LogP contribution in [-0.2, 0) is 4.74 Å². The molecule has 0 amide bonds. The Morgan fingerprint density at radius 2 is 2.00 bits per heavy atom. The SMILES string of the molecule is CCCCOCCCNC(=S)NC. The number of hydrogen-bond donors (Lipinski definition) is 2. The Labute approximate surface area is 86.2 Å². The van der Waals surface area contributed by atoms with Gasteiger partial charge in [-0.15, -0.1) is 0 Å². The maximum absolute atomic E-state index is 5.39. The van der Waals surface area contributed by atoms with Crippen molar-refractivity contribution >= 4 is 17.3 Å². The summed E-state index contributed by atoms with van der Waals surface area (Å²) < 4.78 is 5.39. The first-order chi connectivity index (χ1) is 6.31. The van der Waals surface area contributed by atoms with Crippen molar-refractivity contribution in [3.63, 3.8) is 0 Å². The molecule has 78 valence electrons. The van der Waals surface area contributed by atoms with Crippen LogP contribution in [0.3, 0.4) is 0 Å². The average Bonchev–Trinajstić information content (AvgIpc) is 2.16. The molecule has 0 saturated heterocycles. The summed E-state index contributed by atoms with van der Waals surface area (Å²) in [5, 5.41) is 6.62. The van der Waals surface area contributed by atoms with Gasteiger partial charge < -0.3 is 15.4 Å². The molecule has 0 bridgehead atoms. The fraction of sp³-hybridized carbons (Fsp3) is 0.889. The molecule has 0 aliphatic rings. The highest BCUT2D eigenvalue weighted by Gasteiger charge is 1.91. The van der Waals surface area contributed by atoms with Crippen molar-refractivity contribution in [3.05, 3.63) is 0 Å². The molecular formula is C9H20N2OS. The van der Waals surface area contributed by atoms with E-state index in [2.05, 4.69) is 17.6 Å². The molecule has 2 N–H and O–H groups in total. The Balaban J connectivity index is 2.95. The first kappa shape index (κ1) is 12.7. The van der Waals surface area contributed by atoms with Gasteiger partial charge in [-0.25, -0.2) is 0 Å². The quantitative estimate of drug-likeness (QED) is 0.483. The van der Waals surface area contributed by atoms with E-state index in [0.717, 1.165) is 32.6 Å². The summed E-state index contributed by atoms with van der Waals surface area (Å²) in [6, 6.07) is 0. The predicted octanol–water partition coefficient (Wildman–Crippen LogP) is 1.29. The smallest absolute Gasteiger partial charge is 0.166 e. The second kappa shape index (κ2) is 9.74. The Morgan fingerprint density at radius 3 is 2.62 bits per heavy atom. The van der Waals surface area contributed by atoms with E-state index in [1.54, 1.807) is 0 Å². The largest absolute Gasteiger partial charge is 0.381 e. The second-order valence-corrected chi connectivity index (χ2v) is 3.23. The lowest BCUT2D eigenvalue weighted by Crippen LogP contribution is -2.33. The molecule has 3 nitrogen and oxygen atoms in total. The van der Waals surface area contributed by atoms with Crippen LogP contribution in [-0.4, -0.2) is 31.9 Å². The first-order valence-corrected chi connectivity index (χ1v) is 5.25. The minimum Gasteiger partial charge on any atom is -0.381 e. The molecule has 13 heavy (non-hydrogen) atoms. The van der Waals surface area contributed by atoms with E-state index in [1.165, 1.54) is 6.42 Å². The van der Waals surface area contributed by atoms with Crippen molar-refractivity contribution in [1.29, 1.82) is 0 Å². The highest BCUT2D eigenvalue weighted by molar-refractivity contribution is 7.80. The maximum Gasteiger partial charge on any atom is 0.166 e. The van der Waals surface area contributed by atoms with Gasteiger partial charge >= 0.3 is 0 Å². The molecule has 0 rings (SSSR count). The summed E-state index contributed by atoms with van der Waals surface area (Å²) >= 11 is 4.91. The zero-order chi connectivity index (χ0) is 9.94. The first-order valence-electron chi connectivity index (χ1n) is 4.84. The molecule has 0 atom stereocenters. The molecule has 0 unspecified atom stereocenters. The third-order valence-electron chi connectivity index (χ3n) is 1.62. The molecule has 0 saturated carbocycles. The standard InChI is InChI=1S/C9H20N2OS/c1-3-4-7-12-8-5-6-11-9(13)10-2/h3-8H2,1-2H3,(H2,10,11,13). The van der Waals surface area contributed by atoms with Crippen LogP contribution >= 0.6 is 12.2 Å². The Morgan fingerprint density at radius 1 is 1.31 bits per heavy atom. The van der Waals surface area contributed by atoms with Gasteiger partial charge in [0.1, 0.15) is 0 Å². The fourth-order valence-electron chi connectivity index (χ4n) is 0.813. The lowest BCUT2D eigenvalue weighted by molar-refractivity contribution is 0.129. The molecule has 0 radical (unpaired) electrons. The number of nitrogens with one attached hydrogen (secondary N) is 2. The zero-order valence-corrected chi connectivity index (χ0v) is 9.38. The molecule has 4 heteroatoms. The number of hydrogen-bond acceptors (Lipinski definition) is 2. The van der Waals surface area contributed by atoms with Crippen molar-refractivity contribution < 1.29 is 4.74 Å². The van der Waals surface area contributed by atoms with E-state index < -0.39 is 0 Å². The minimum atomic E-state index is 0.702. The van der Waals surface area contributed by atoms with Gasteiger partial charge in [0.2, 0.25) is 0 Å². The Bertz CT molecular complexity index is 131. The summed E-state index contributed by atoms with van der Waals surface area (Å²) in [4.78, 5) is 0. The summed E-state index contributed by atoms with van der Waals surface area (Å²) in [5.41, 5.74) is 0. The highest BCUT2D eigenvalue weighted by atomic mass is 32.1. The lowest BCUT2D eigenvalue weighted by atomic mass is 10.4. The number of rotatable bonds is 7. The van der Waals surface area contributed by atoms with Crippen LogP contribution in [0, 0.1) is 0 Å². The molecule has 0 aromatic carbocycles. The summed E-state index contributed by atoms with van der Waals surface area (Å²) in [5.74, 6) is 0. The molecule has 0 aliphatic carbocycles. The molecule has 0 aromatic rings. The average molecular weight is 204 g/mol. The normalized spacial score (nSPS) is 9.69. The third kappa shape index (κ3) is 9.56. The molecule has 0 spiro atoms. The number of unbranched alkanes of at least 4 members (excludes halogenated alkanes) is 1. The van der Waals surface area contributed by atoms with E-state index in [9.17, 15) is 0 Å². The summed E-state index contributed by atoms with van der Waals surface area (Å²) in [7, 11) is 1.81. The van der Waals surface area contributed by atoms with E-state index in [-0.39, 0.29) is 0 Å². The number of ether oxygens (including phenoxy) is 1. The van der Waals surface area contributed by atoms with E-state index in [0.29, 0.717) is 5.11 Å². The van der Waals surface area contributed by atoms with Gasteiger partial charge in [0.05, 0.1) is 0 Å². The van der Waals surface area contributed by atoms with Crippen LogP contribution in [0.1, 0.15) is 26.2 Å². The van der Waals surface area contributed by atoms with Gasteiger partial charge in [0.15, 0.2) is 5.11 Å². The monoisotopic (exact) mass is 204 g/mol. The predicted molar refractivity (Wildman–Crippen MR) is 60.0 cm³/mol. The van der Waals surface area contributed by atoms with Gasteiger partial charge in [-0.2, -0.15) is 0 Å². The third-order valence-corrected chi connectivity index (χ3v) is 1.97. The zero-order valence-electron chi connectivity index (χ0n) is 8.56. The Kier molecular flexibility index (Phi) is 9.47. The fourth-order valence-corrected chi connectivity index (χ4v) is 0.915. The lowest BCUT2D eigenvalue weighted by Gasteiger charge is -2.06. The van der Waals surface area contributed by atoms with Crippen molar-refractivity contribution in [1.82, 2.24) is 10.6 Å². The van der Waals surface area contributed by atoms with Gasteiger partial charge in [-0.3, -0.25) is 0 Å². The molecular weight excluding hydrogens is 184 g/mol. The van der Waals surface area contributed by atoms with Crippen LogP contribution in [0.5, 0.6) is 0 Å². The topological polar surface area (TPSA) is 33.3 Å². The van der Waals surface area contributed by atoms with Gasteiger partial charge in [0.25, 0.3) is 0 Å². The summed E-state index contributed by atoms with van der Waals surface area (Å²) in [6.07, 6.45) is 3.36. The van der Waals surface area contributed by atoms with Crippen molar-refractivity contribution in [2.24, 2.45) is 0 Å². The van der Waals surface area contributed by atoms with Crippen molar-refractivity contribution in [2.75, 3.05) is 26.8 Å². The molecule has 0 fully saturated rings. The van der Waals surface area contributed by atoms with E-state index >= 15 is 0 Å². The van der Waals surface area contributed by atoms with E-state index in [1.807, 2.05) is 7.05 Å². The van der Waals surface area contributed by atoms with Crippen molar-refractivity contribution in [3.8, 4) is 0 Å². The van der Waals surface area contributed by atoms with Gasteiger partial charge in [-0.05, 0) is 25.1 Å². The Hall–Kier alpha value is -0.350. The second-order valence-electron chi connectivity index (χ2n) is 2.83. The molecule has 0 heterocycles. The highest BCUT2D eigenvalue weighted by Crippen LogP contribution is 1.88. The van der Waals surface area contributed by atoms with Gasteiger partial charge in [-0.1, -0.05) is 13.3 Å². The summed E-state index contributed by atoms with van der Waals surface area (Å²) in [6.45, 7) is 4.74. The minimum absolute atomic E-state index is 0.702. The molecule has 0 aliphatic heterocycles. The van der Waals surface area contributed by atoms with Crippen LogP contribution < -0.4 is 10.6 Å². The van der Waals surface area contributed by atoms with Crippen LogP contribution in [0.4, 0.5) is 0 Å². The molecule has 0 aromatic heterocycles. The van der Waals surface area contributed by atoms with Crippen LogP contribution in [0.15, 0.2) is 0 Å². The van der Waals surface area contributed by atoms with Gasteiger partial charge in [0, 0.05) is 26.8 Å². The van der Waals surface area contributed by atoms with Crippen LogP contribution in [0.25, 0.3) is 0 Å². The van der Waals surface area contributed by atoms with Crippen molar-refractivity contribution in [2.45, 2.75) is 26.2 Å². The maximum atomic E-state index is 5.39.